The lowest BCUT2D eigenvalue weighted by atomic mass is 9.74. The summed E-state index contributed by atoms with van der Waals surface area (Å²) in [5.41, 5.74) is 1.70. The lowest BCUT2D eigenvalue weighted by Crippen LogP contribution is -2.69. The number of fused-ring (bicyclic) bond motifs is 3. The maximum atomic E-state index is 7.37. The maximum Gasteiger partial charge on any atom is 0.192 e. The van der Waals surface area contributed by atoms with Gasteiger partial charge in [0.1, 0.15) is 17.5 Å². The lowest BCUT2D eigenvalue weighted by molar-refractivity contribution is -0.376. The monoisotopic (exact) mass is 1020 g/mol. The predicted molar refractivity (Wildman–Crippen MR) is 285 cm³/mol. The van der Waals surface area contributed by atoms with Gasteiger partial charge in [-0.15, -0.1) is 0 Å². The minimum Gasteiger partial charge on any atom is -0.497 e. The summed E-state index contributed by atoms with van der Waals surface area (Å²) in [6.45, 7) is 22.6. The summed E-state index contributed by atoms with van der Waals surface area (Å²) >= 11 is 0. The highest BCUT2D eigenvalue weighted by Crippen LogP contribution is 2.51. The molecule has 5 heterocycles. The molecule has 11 nitrogen and oxygen atoms in total. The molecule has 0 aromatic heterocycles. The van der Waals surface area contributed by atoms with Crippen LogP contribution in [-0.2, 0) is 66.9 Å². The van der Waals surface area contributed by atoms with E-state index in [9.17, 15) is 0 Å². The van der Waals surface area contributed by atoms with Gasteiger partial charge in [-0.3, -0.25) is 0 Å². The van der Waals surface area contributed by atoms with Crippen molar-refractivity contribution in [1.29, 1.82) is 0 Å². The number of benzene rings is 4. The van der Waals surface area contributed by atoms with E-state index >= 15 is 0 Å². The highest BCUT2D eigenvalue weighted by Gasteiger charge is 2.61. The van der Waals surface area contributed by atoms with Crippen molar-refractivity contribution < 1.29 is 51.8 Å². The van der Waals surface area contributed by atoms with Crippen LogP contribution in [0.15, 0.2) is 127 Å². The van der Waals surface area contributed by atoms with E-state index in [0.29, 0.717) is 71.6 Å². The largest absolute Gasteiger partial charge is 0.497 e. The van der Waals surface area contributed by atoms with E-state index < -0.39 is 37.0 Å². The molecule has 5 aliphatic heterocycles. The fourth-order valence-electron chi connectivity index (χ4n) is 11.4. The van der Waals surface area contributed by atoms with Crippen LogP contribution in [0.25, 0.3) is 0 Å². The van der Waals surface area contributed by atoms with Crippen molar-refractivity contribution in [2.24, 2.45) is 0 Å². The van der Waals surface area contributed by atoms with E-state index in [4.69, 9.17) is 51.8 Å². The van der Waals surface area contributed by atoms with E-state index in [-0.39, 0.29) is 53.9 Å². The number of hydrogen-bond donors (Lipinski definition) is 0. The summed E-state index contributed by atoms with van der Waals surface area (Å²) in [6.07, 6.45) is 5.86. The van der Waals surface area contributed by atoms with Crippen molar-refractivity contribution in [2.45, 2.75) is 202 Å². The molecule has 73 heavy (non-hydrogen) atoms. The third-order valence-corrected chi connectivity index (χ3v) is 21.2. The maximum absolute atomic E-state index is 7.37. The van der Waals surface area contributed by atoms with Gasteiger partial charge in [-0.25, -0.2) is 0 Å². The van der Waals surface area contributed by atoms with Gasteiger partial charge in [-0.2, -0.15) is 0 Å². The van der Waals surface area contributed by atoms with E-state index in [1.807, 2.05) is 54.6 Å². The van der Waals surface area contributed by atoms with Crippen molar-refractivity contribution in [1.82, 2.24) is 0 Å². The van der Waals surface area contributed by atoms with Gasteiger partial charge in [-0.1, -0.05) is 136 Å². The molecule has 396 valence electrons. The van der Waals surface area contributed by atoms with Gasteiger partial charge in [0.25, 0.3) is 0 Å². The quantitative estimate of drug-likeness (QED) is 0.0541. The first-order valence-corrected chi connectivity index (χ1v) is 29.7. The second-order valence-electron chi connectivity index (χ2n) is 23.6. The van der Waals surface area contributed by atoms with Crippen molar-refractivity contribution in [3.05, 3.63) is 150 Å². The molecule has 0 spiro atoms. The molecule has 1 unspecified atom stereocenters. The van der Waals surface area contributed by atoms with Crippen molar-refractivity contribution in [3.8, 4) is 5.75 Å². The Hall–Kier alpha value is -3.76. The Morgan fingerprint density at radius 3 is 1.99 bits per heavy atom. The summed E-state index contributed by atoms with van der Waals surface area (Å²) < 4.78 is 75.1. The fraction of sp³-hybridized carbons (Fsp3) is 0.574. The van der Waals surface area contributed by atoms with Crippen LogP contribution in [-0.4, -0.2) is 99.9 Å². The molecule has 5 aliphatic rings. The zero-order valence-electron chi connectivity index (χ0n) is 45.1. The number of rotatable bonds is 18. The Labute approximate surface area is 436 Å². The van der Waals surface area contributed by atoms with Crippen LogP contribution in [0.4, 0.5) is 0 Å². The molecule has 5 saturated heterocycles. The summed E-state index contributed by atoms with van der Waals surface area (Å²) in [6, 6.07) is 38.8. The average Bonchev–Trinajstić information content (AvgIpc) is 3.36. The van der Waals surface area contributed by atoms with Gasteiger partial charge >= 0.3 is 0 Å². The van der Waals surface area contributed by atoms with Crippen molar-refractivity contribution in [3.63, 3.8) is 0 Å². The molecule has 4 aromatic rings. The zero-order chi connectivity index (χ0) is 51.5. The van der Waals surface area contributed by atoms with Crippen LogP contribution in [0.2, 0.25) is 18.1 Å². The van der Waals surface area contributed by atoms with Gasteiger partial charge in [0.05, 0.1) is 93.1 Å². The molecular weight excluding hydrogens is 937 g/mol. The third-order valence-electron chi connectivity index (χ3n) is 16.7. The number of ether oxygens (including phenoxy) is 10. The molecule has 0 radical (unpaired) electrons. The first kappa shape index (κ1) is 54.0. The van der Waals surface area contributed by atoms with E-state index in [2.05, 4.69) is 134 Å². The van der Waals surface area contributed by atoms with Gasteiger partial charge in [-0.05, 0) is 87.5 Å². The second-order valence-corrected chi connectivity index (χ2v) is 28.4. The van der Waals surface area contributed by atoms with Gasteiger partial charge in [0, 0.05) is 37.9 Å². The van der Waals surface area contributed by atoms with Gasteiger partial charge in [0.2, 0.25) is 0 Å². The molecule has 13 atom stereocenters. The first-order chi connectivity index (χ1) is 34.9. The van der Waals surface area contributed by atoms with Crippen LogP contribution in [0.5, 0.6) is 5.75 Å². The Morgan fingerprint density at radius 1 is 0.685 bits per heavy atom. The van der Waals surface area contributed by atoms with E-state index in [1.54, 1.807) is 7.11 Å². The second kappa shape index (κ2) is 22.4. The molecule has 0 amide bonds. The minimum atomic E-state index is -2.25. The molecule has 0 aliphatic carbocycles. The normalized spacial score (nSPS) is 34.7. The van der Waals surface area contributed by atoms with Crippen LogP contribution < -0.4 is 4.74 Å². The van der Waals surface area contributed by atoms with E-state index in [1.165, 1.54) is 0 Å². The topological polar surface area (TPSA) is 102 Å². The Bertz CT molecular complexity index is 2400. The predicted octanol–water partition coefficient (Wildman–Crippen LogP) is 12.4. The average molecular weight is 1020 g/mol. The summed E-state index contributed by atoms with van der Waals surface area (Å²) in [4.78, 5) is 0. The van der Waals surface area contributed by atoms with Crippen molar-refractivity contribution >= 4 is 8.32 Å². The molecule has 0 saturated carbocycles. The Balaban J connectivity index is 0.960. The Kier molecular flexibility index (Phi) is 16.6. The first-order valence-electron chi connectivity index (χ1n) is 26.8. The SMILES string of the molecule is COc1ccc(CO[C@H]2C[C@H]3O[C@@H](CCOCc4ccccc4)[C@](C)(OCc4ccccc4)C[C@]3(C)O[C@@H]2/C=C\C[C@@H]2O[C@@H]3C[C@@H]4OC(c5ccccc5)OC[C@@]4(C)O[C@@]3(C)C[C@H]2O[Si](C)(C)C(C)(C)C)cc1. The summed E-state index contributed by atoms with van der Waals surface area (Å²) in [5, 5.41) is -0.000916. The van der Waals surface area contributed by atoms with Crippen LogP contribution in [0.3, 0.4) is 0 Å². The molecule has 9 rings (SSSR count). The molecule has 0 bridgehead atoms. The standard InChI is InChI=1S/C61H82O11Si/c1-57(2,3)73(9,10)71-51-37-58(4)54(36-55-61(7,72-58)42-65-56(69-55)46-25-18-13-19-26-46)67-48(51)27-20-28-49-50(64-39-45-29-31-47(62-8)32-30-45)35-53-60(6,70-49)41-59(5,66-40-44-23-16-12-17-24-44)52(68-53)33-34-63-38-43-21-14-11-15-22-43/h11-26,28-32,48-56H,27,33-42H2,1-10H3/b28-20-/t48-,49+,50-,51+,52-,53+,54+,55-,56?,58-,59+,60-,61+/m0/s1. The number of methoxy groups -OCH3 is 1. The highest BCUT2D eigenvalue weighted by atomic mass is 28.4. The highest BCUT2D eigenvalue weighted by molar-refractivity contribution is 6.74. The smallest absolute Gasteiger partial charge is 0.192 e. The van der Waals surface area contributed by atoms with Crippen LogP contribution >= 0.6 is 0 Å². The van der Waals surface area contributed by atoms with Gasteiger partial charge in [0.15, 0.2) is 14.6 Å². The van der Waals surface area contributed by atoms with Gasteiger partial charge < -0.3 is 51.8 Å². The summed E-state index contributed by atoms with van der Waals surface area (Å²) in [7, 11) is -0.572. The molecular formula is C61H82O11Si. The Morgan fingerprint density at radius 2 is 1.32 bits per heavy atom. The lowest BCUT2D eigenvalue weighted by Gasteiger charge is -2.59. The molecule has 5 fully saturated rings. The van der Waals surface area contributed by atoms with Crippen molar-refractivity contribution in [2.75, 3.05) is 20.3 Å². The third kappa shape index (κ3) is 12.6. The fourth-order valence-corrected chi connectivity index (χ4v) is 12.8. The summed E-state index contributed by atoms with van der Waals surface area (Å²) in [5.74, 6) is 0.805. The molecule has 12 heteroatoms. The molecule has 4 aromatic carbocycles. The van der Waals surface area contributed by atoms with E-state index in [0.717, 1.165) is 28.0 Å². The van der Waals surface area contributed by atoms with Crippen LogP contribution in [0, 0.1) is 0 Å². The number of hydrogen-bond acceptors (Lipinski definition) is 11. The minimum absolute atomic E-state index is 0.000916. The van der Waals surface area contributed by atoms with Crippen LogP contribution in [0.1, 0.15) is 116 Å². The zero-order valence-corrected chi connectivity index (χ0v) is 46.1. The molecule has 0 N–H and O–H groups in total.